The van der Waals surface area contributed by atoms with Crippen molar-refractivity contribution in [2.45, 2.75) is 19.9 Å². The molecule has 0 spiro atoms. The second-order valence-corrected chi connectivity index (χ2v) is 4.77. The van der Waals surface area contributed by atoms with Crippen LogP contribution >= 0.6 is 0 Å². The van der Waals surface area contributed by atoms with Gasteiger partial charge < -0.3 is 10.3 Å². The summed E-state index contributed by atoms with van der Waals surface area (Å²) in [7, 11) is 0. The summed E-state index contributed by atoms with van der Waals surface area (Å²) in [5, 5.41) is 12.1. The van der Waals surface area contributed by atoms with Crippen LogP contribution in [-0.2, 0) is 13.0 Å². The summed E-state index contributed by atoms with van der Waals surface area (Å²) >= 11 is 0. The number of aryl methyl sites for hydroxylation is 1. The maximum absolute atomic E-state index is 5.49. The minimum absolute atomic E-state index is 0.399. The molecule has 108 valence electrons. The average Bonchev–Trinajstić information content (AvgIpc) is 3.10. The zero-order valence-corrected chi connectivity index (χ0v) is 11.7. The molecule has 2 heterocycles. The van der Waals surface area contributed by atoms with E-state index in [0.29, 0.717) is 31.2 Å². The lowest BCUT2D eigenvalue weighted by Crippen LogP contribution is -2.03. The van der Waals surface area contributed by atoms with Gasteiger partial charge in [0.15, 0.2) is 0 Å². The van der Waals surface area contributed by atoms with Gasteiger partial charge in [0.1, 0.15) is 6.54 Å². The maximum Gasteiger partial charge on any atom is 0.248 e. The van der Waals surface area contributed by atoms with E-state index in [4.69, 9.17) is 10.3 Å². The van der Waals surface area contributed by atoms with Gasteiger partial charge >= 0.3 is 0 Å². The number of nitrogens with zero attached hydrogens (tertiary/aromatic N) is 5. The maximum atomic E-state index is 5.49. The van der Waals surface area contributed by atoms with E-state index in [2.05, 4.69) is 20.5 Å². The number of hydrogen-bond donors (Lipinski definition) is 1. The molecule has 2 N–H and O–H groups in total. The first kappa shape index (κ1) is 13.4. The van der Waals surface area contributed by atoms with Gasteiger partial charge in [-0.2, -0.15) is 4.98 Å². The molecule has 0 aliphatic carbocycles. The molecule has 0 aliphatic rings. The van der Waals surface area contributed by atoms with E-state index >= 15 is 0 Å². The second-order valence-electron chi connectivity index (χ2n) is 4.77. The van der Waals surface area contributed by atoms with Gasteiger partial charge in [0.05, 0.1) is 5.69 Å². The number of rotatable bonds is 5. The Balaban J connectivity index is 1.77. The lowest BCUT2D eigenvalue weighted by Gasteiger charge is -1.98. The van der Waals surface area contributed by atoms with Gasteiger partial charge in [0.2, 0.25) is 11.7 Å². The summed E-state index contributed by atoms with van der Waals surface area (Å²) in [6.45, 7) is 2.97. The van der Waals surface area contributed by atoms with Gasteiger partial charge in [-0.25, -0.2) is 4.68 Å². The SMILES string of the molecule is Cc1ccccc1-c1noc(Cn2cc(CCN)nn2)n1. The lowest BCUT2D eigenvalue weighted by molar-refractivity contribution is 0.364. The van der Waals surface area contributed by atoms with Gasteiger partial charge in [-0.3, -0.25) is 0 Å². The third-order valence-corrected chi connectivity index (χ3v) is 3.14. The normalized spacial score (nSPS) is 11.0. The lowest BCUT2D eigenvalue weighted by atomic mass is 10.1. The van der Waals surface area contributed by atoms with Gasteiger partial charge in [-0.15, -0.1) is 5.10 Å². The first-order valence-corrected chi connectivity index (χ1v) is 6.74. The van der Waals surface area contributed by atoms with Gasteiger partial charge in [-0.1, -0.05) is 34.6 Å². The predicted molar refractivity (Wildman–Crippen MR) is 76.4 cm³/mol. The van der Waals surface area contributed by atoms with Crippen LogP contribution in [0.2, 0.25) is 0 Å². The zero-order chi connectivity index (χ0) is 14.7. The summed E-state index contributed by atoms with van der Waals surface area (Å²) in [5.41, 5.74) is 8.42. The smallest absolute Gasteiger partial charge is 0.248 e. The van der Waals surface area contributed by atoms with Crippen LogP contribution in [0, 0.1) is 6.92 Å². The molecule has 0 saturated carbocycles. The fourth-order valence-electron chi connectivity index (χ4n) is 2.07. The Morgan fingerprint density at radius 1 is 1.29 bits per heavy atom. The molecule has 0 atom stereocenters. The van der Waals surface area contributed by atoms with Crippen molar-refractivity contribution in [3.63, 3.8) is 0 Å². The van der Waals surface area contributed by atoms with Crippen molar-refractivity contribution in [2.24, 2.45) is 5.73 Å². The third-order valence-electron chi connectivity index (χ3n) is 3.14. The van der Waals surface area contributed by atoms with Crippen molar-refractivity contribution in [2.75, 3.05) is 6.54 Å². The van der Waals surface area contributed by atoms with E-state index in [0.717, 1.165) is 16.8 Å². The molecule has 0 fully saturated rings. The topological polar surface area (TPSA) is 95.7 Å². The Bertz CT molecular complexity index is 732. The zero-order valence-electron chi connectivity index (χ0n) is 11.7. The van der Waals surface area contributed by atoms with Crippen molar-refractivity contribution in [3.05, 3.63) is 47.6 Å². The van der Waals surface area contributed by atoms with E-state index in [1.807, 2.05) is 37.4 Å². The van der Waals surface area contributed by atoms with E-state index < -0.39 is 0 Å². The standard InChI is InChI=1S/C14H16N6O/c1-10-4-2-3-5-12(10)14-16-13(21-18-14)9-20-8-11(6-7-15)17-19-20/h2-5,8H,6-7,9,15H2,1H3. The Labute approximate surface area is 121 Å². The summed E-state index contributed by atoms with van der Waals surface area (Å²) in [4.78, 5) is 4.40. The molecule has 2 aromatic heterocycles. The van der Waals surface area contributed by atoms with Crippen LogP contribution in [0.15, 0.2) is 35.0 Å². The molecular weight excluding hydrogens is 268 g/mol. The summed E-state index contributed by atoms with van der Waals surface area (Å²) in [6, 6.07) is 7.92. The molecule has 7 heteroatoms. The van der Waals surface area contributed by atoms with Crippen molar-refractivity contribution < 1.29 is 4.52 Å². The molecule has 0 bridgehead atoms. The summed E-state index contributed by atoms with van der Waals surface area (Å²) in [6.07, 6.45) is 2.54. The molecule has 0 aliphatic heterocycles. The van der Waals surface area contributed by atoms with Crippen LogP contribution in [0.4, 0.5) is 0 Å². The molecule has 1 aromatic carbocycles. The van der Waals surface area contributed by atoms with Gasteiger partial charge in [-0.05, 0) is 19.0 Å². The molecule has 7 nitrogen and oxygen atoms in total. The van der Waals surface area contributed by atoms with Gasteiger partial charge in [0, 0.05) is 18.2 Å². The largest absolute Gasteiger partial charge is 0.337 e. The number of hydrogen-bond acceptors (Lipinski definition) is 6. The molecular formula is C14H16N6O. The molecule has 3 aromatic rings. The second kappa shape index (κ2) is 5.84. The van der Waals surface area contributed by atoms with Crippen LogP contribution in [-0.4, -0.2) is 31.7 Å². The van der Waals surface area contributed by atoms with Gasteiger partial charge in [0.25, 0.3) is 0 Å². The Hall–Kier alpha value is -2.54. The molecule has 0 saturated heterocycles. The molecule has 0 unspecified atom stereocenters. The predicted octanol–water partition coefficient (Wildman–Crippen LogP) is 1.19. The highest BCUT2D eigenvalue weighted by atomic mass is 16.5. The first-order chi connectivity index (χ1) is 10.3. The minimum Gasteiger partial charge on any atom is -0.337 e. The van der Waals surface area contributed by atoms with Crippen molar-refractivity contribution in [3.8, 4) is 11.4 Å². The van der Waals surface area contributed by atoms with Crippen LogP contribution < -0.4 is 5.73 Å². The monoisotopic (exact) mass is 284 g/mol. The van der Waals surface area contributed by atoms with Crippen molar-refractivity contribution in [1.82, 2.24) is 25.1 Å². The van der Waals surface area contributed by atoms with Crippen LogP contribution in [0.1, 0.15) is 17.1 Å². The fraction of sp³-hybridized carbons (Fsp3) is 0.286. The number of nitrogens with two attached hydrogens (primary N) is 1. The molecule has 3 rings (SSSR count). The quantitative estimate of drug-likeness (QED) is 0.756. The molecule has 0 radical (unpaired) electrons. The van der Waals surface area contributed by atoms with Crippen LogP contribution in [0.25, 0.3) is 11.4 Å². The van der Waals surface area contributed by atoms with E-state index in [9.17, 15) is 0 Å². The van der Waals surface area contributed by atoms with Crippen LogP contribution in [0.3, 0.4) is 0 Å². The van der Waals surface area contributed by atoms with Crippen LogP contribution in [0.5, 0.6) is 0 Å². The highest BCUT2D eigenvalue weighted by Gasteiger charge is 2.11. The molecule has 0 amide bonds. The number of benzene rings is 1. The molecule has 21 heavy (non-hydrogen) atoms. The highest BCUT2D eigenvalue weighted by molar-refractivity contribution is 5.58. The number of aromatic nitrogens is 5. The Kier molecular flexibility index (Phi) is 3.74. The summed E-state index contributed by atoms with van der Waals surface area (Å²) in [5.74, 6) is 1.09. The minimum atomic E-state index is 0.399. The van der Waals surface area contributed by atoms with E-state index in [1.54, 1.807) is 4.68 Å². The van der Waals surface area contributed by atoms with E-state index in [1.165, 1.54) is 0 Å². The van der Waals surface area contributed by atoms with Crippen molar-refractivity contribution in [1.29, 1.82) is 0 Å². The third kappa shape index (κ3) is 2.97. The fourth-order valence-corrected chi connectivity index (χ4v) is 2.07. The summed E-state index contributed by atoms with van der Waals surface area (Å²) < 4.78 is 6.94. The van der Waals surface area contributed by atoms with Crippen molar-refractivity contribution >= 4 is 0 Å². The first-order valence-electron chi connectivity index (χ1n) is 6.74. The van der Waals surface area contributed by atoms with E-state index in [-0.39, 0.29) is 0 Å². The average molecular weight is 284 g/mol. The highest BCUT2D eigenvalue weighted by Crippen LogP contribution is 2.19. The Morgan fingerprint density at radius 3 is 2.95 bits per heavy atom. The Morgan fingerprint density at radius 2 is 2.14 bits per heavy atom.